The number of fused-ring (bicyclic) bond motifs is 1. The molecule has 1 aromatic carbocycles. The van der Waals surface area contributed by atoms with E-state index in [0.29, 0.717) is 25.3 Å². The van der Waals surface area contributed by atoms with Crippen molar-refractivity contribution < 1.29 is 13.2 Å². The van der Waals surface area contributed by atoms with Crippen LogP contribution >= 0.6 is 0 Å². The molecule has 112 valence electrons. The van der Waals surface area contributed by atoms with Crippen molar-refractivity contribution >= 4 is 10.0 Å². The topological polar surface area (TPSA) is 81.4 Å². The van der Waals surface area contributed by atoms with E-state index in [1.54, 1.807) is 6.07 Å². The van der Waals surface area contributed by atoms with Gasteiger partial charge in [0.2, 0.25) is 10.0 Å². The molecular formula is C14H22N2O3S. The van der Waals surface area contributed by atoms with E-state index in [9.17, 15) is 8.42 Å². The second kappa shape index (κ2) is 5.71. The molecule has 1 heterocycles. The van der Waals surface area contributed by atoms with E-state index < -0.39 is 10.0 Å². The number of ether oxygens (including phenoxy) is 1. The molecule has 1 atom stereocenters. The van der Waals surface area contributed by atoms with Gasteiger partial charge in [0, 0.05) is 19.5 Å². The Morgan fingerprint density at radius 1 is 1.45 bits per heavy atom. The molecule has 0 amide bonds. The summed E-state index contributed by atoms with van der Waals surface area (Å²) in [5, 5.41) is 0. The first-order chi connectivity index (χ1) is 9.33. The van der Waals surface area contributed by atoms with Gasteiger partial charge in [-0.3, -0.25) is 0 Å². The van der Waals surface area contributed by atoms with Crippen LogP contribution in [0.15, 0.2) is 17.0 Å². The third-order valence-electron chi connectivity index (χ3n) is 3.24. The summed E-state index contributed by atoms with van der Waals surface area (Å²) in [5.74, 6) is 0.711. The average molecular weight is 298 g/mol. The number of nitrogens with two attached hydrogens (primary N) is 1. The minimum Gasteiger partial charge on any atom is -0.487 e. The lowest BCUT2D eigenvalue weighted by molar-refractivity contribution is 0.236. The molecule has 0 saturated carbocycles. The Morgan fingerprint density at radius 3 is 2.75 bits per heavy atom. The molecule has 0 aliphatic carbocycles. The molecule has 1 aliphatic heterocycles. The zero-order valence-electron chi connectivity index (χ0n) is 12.1. The molecule has 0 fully saturated rings. The third-order valence-corrected chi connectivity index (χ3v) is 4.67. The lowest BCUT2D eigenvalue weighted by atomic mass is 10.1. The summed E-state index contributed by atoms with van der Waals surface area (Å²) in [4.78, 5) is 0.226. The fourth-order valence-electron chi connectivity index (χ4n) is 2.24. The van der Waals surface area contributed by atoms with Gasteiger partial charge in [0.25, 0.3) is 0 Å². The van der Waals surface area contributed by atoms with Gasteiger partial charge in [-0.2, -0.15) is 0 Å². The van der Waals surface area contributed by atoms with Crippen LogP contribution in [0.1, 0.15) is 25.0 Å². The van der Waals surface area contributed by atoms with Gasteiger partial charge in [-0.25, -0.2) is 13.1 Å². The van der Waals surface area contributed by atoms with Crippen molar-refractivity contribution in [2.24, 2.45) is 11.7 Å². The van der Waals surface area contributed by atoms with Crippen LogP contribution in [0.25, 0.3) is 0 Å². The SMILES string of the molecule is Cc1cc2c(c(S(=O)(=O)NCC(C)C)c1)OC(CN)C2. The van der Waals surface area contributed by atoms with Crippen LogP contribution in [0.4, 0.5) is 0 Å². The number of rotatable bonds is 5. The lowest BCUT2D eigenvalue weighted by Gasteiger charge is -2.13. The van der Waals surface area contributed by atoms with Crippen molar-refractivity contribution in [2.45, 2.75) is 38.2 Å². The summed E-state index contributed by atoms with van der Waals surface area (Å²) >= 11 is 0. The van der Waals surface area contributed by atoms with Crippen molar-refractivity contribution in [1.29, 1.82) is 0 Å². The largest absolute Gasteiger partial charge is 0.487 e. The van der Waals surface area contributed by atoms with Crippen LogP contribution in [-0.2, 0) is 16.4 Å². The van der Waals surface area contributed by atoms with Gasteiger partial charge in [0.15, 0.2) is 0 Å². The molecule has 20 heavy (non-hydrogen) atoms. The first kappa shape index (κ1) is 15.3. The van der Waals surface area contributed by atoms with Gasteiger partial charge in [-0.1, -0.05) is 19.9 Å². The number of benzene rings is 1. The molecule has 3 N–H and O–H groups in total. The minimum absolute atomic E-state index is 0.133. The first-order valence-electron chi connectivity index (χ1n) is 6.83. The van der Waals surface area contributed by atoms with Gasteiger partial charge in [-0.15, -0.1) is 0 Å². The fraction of sp³-hybridized carbons (Fsp3) is 0.571. The smallest absolute Gasteiger partial charge is 0.244 e. The first-order valence-corrected chi connectivity index (χ1v) is 8.31. The molecule has 1 unspecified atom stereocenters. The van der Waals surface area contributed by atoms with Crippen LogP contribution in [-0.4, -0.2) is 27.6 Å². The number of aryl methyl sites for hydroxylation is 1. The van der Waals surface area contributed by atoms with Crippen LogP contribution in [0.5, 0.6) is 5.75 Å². The Balaban J connectivity index is 2.38. The molecule has 0 saturated heterocycles. The molecule has 0 aromatic heterocycles. The highest BCUT2D eigenvalue weighted by Gasteiger charge is 2.30. The third kappa shape index (κ3) is 3.13. The normalized spacial score (nSPS) is 18.1. The number of sulfonamides is 1. The quantitative estimate of drug-likeness (QED) is 0.855. The maximum Gasteiger partial charge on any atom is 0.244 e. The van der Waals surface area contributed by atoms with Gasteiger partial charge in [0.05, 0.1) is 0 Å². The van der Waals surface area contributed by atoms with Crippen LogP contribution < -0.4 is 15.2 Å². The summed E-state index contributed by atoms with van der Waals surface area (Å²) in [5.41, 5.74) is 7.45. The fourth-order valence-corrected chi connectivity index (χ4v) is 3.71. The zero-order valence-corrected chi connectivity index (χ0v) is 13.0. The second-order valence-corrected chi connectivity index (χ2v) is 7.41. The molecule has 5 nitrogen and oxygen atoms in total. The Morgan fingerprint density at radius 2 is 2.15 bits per heavy atom. The van der Waals surface area contributed by atoms with Gasteiger partial charge < -0.3 is 10.5 Å². The average Bonchev–Trinajstić information content (AvgIpc) is 2.78. The number of nitrogens with one attached hydrogen (secondary N) is 1. The molecule has 0 radical (unpaired) electrons. The van der Waals surface area contributed by atoms with Crippen molar-refractivity contribution in [1.82, 2.24) is 4.72 Å². The summed E-state index contributed by atoms with van der Waals surface area (Å²) in [6.07, 6.45) is 0.533. The van der Waals surface area contributed by atoms with E-state index in [-0.39, 0.29) is 16.9 Å². The van der Waals surface area contributed by atoms with E-state index in [0.717, 1.165) is 11.1 Å². The molecular weight excluding hydrogens is 276 g/mol. The van der Waals surface area contributed by atoms with Crippen LogP contribution in [0.3, 0.4) is 0 Å². The Kier molecular flexibility index (Phi) is 4.36. The maximum atomic E-state index is 12.4. The van der Waals surface area contributed by atoms with E-state index >= 15 is 0 Å². The minimum atomic E-state index is -3.55. The van der Waals surface area contributed by atoms with Crippen LogP contribution in [0, 0.1) is 12.8 Å². The highest BCUT2D eigenvalue weighted by molar-refractivity contribution is 7.89. The van der Waals surface area contributed by atoms with E-state index in [1.165, 1.54) is 0 Å². The van der Waals surface area contributed by atoms with Crippen LogP contribution in [0.2, 0.25) is 0 Å². The highest BCUT2D eigenvalue weighted by atomic mass is 32.2. The standard InChI is InChI=1S/C14H22N2O3S/c1-9(2)8-16-20(17,18)13-5-10(3)4-11-6-12(7-15)19-14(11)13/h4-5,9,12,16H,6-8,15H2,1-3H3. The van der Waals surface area contributed by atoms with Crippen molar-refractivity contribution in [3.63, 3.8) is 0 Å². The Labute approximate surface area is 120 Å². The van der Waals surface area contributed by atoms with Crippen molar-refractivity contribution in [2.75, 3.05) is 13.1 Å². The Hall–Kier alpha value is -1.11. The van der Waals surface area contributed by atoms with E-state index in [1.807, 2.05) is 26.8 Å². The van der Waals surface area contributed by atoms with Crippen molar-refractivity contribution in [3.8, 4) is 5.75 Å². The Bertz CT molecular complexity index is 597. The maximum absolute atomic E-state index is 12.4. The van der Waals surface area contributed by atoms with E-state index in [2.05, 4.69) is 4.72 Å². The summed E-state index contributed by atoms with van der Waals surface area (Å²) < 4.78 is 33.2. The summed E-state index contributed by atoms with van der Waals surface area (Å²) in [6.45, 7) is 6.60. The predicted molar refractivity (Wildman–Crippen MR) is 78.4 cm³/mol. The van der Waals surface area contributed by atoms with Crippen molar-refractivity contribution in [3.05, 3.63) is 23.3 Å². The monoisotopic (exact) mass is 298 g/mol. The summed E-state index contributed by atoms with van der Waals surface area (Å²) in [7, 11) is -3.55. The number of hydrogen-bond acceptors (Lipinski definition) is 4. The molecule has 2 rings (SSSR count). The molecule has 0 bridgehead atoms. The van der Waals surface area contributed by atoms with Gasteiger partial charge in [0.1, 0.15) is 16.7 Å². The van der Waals surface area contributed by atoms with Gasteiger partial charge in [-0.05, 0) is 30.0 Å². The molecule has 1 aliphatic rings. The predicted octanol–water partition coefficient (Wildman–Crippen LogP) is 1.19. The lowest BCUT2D eigenvalue weighted by Crippen LogP contribution is -2.28. The second-order valence-electron chi connectivity index (χ2n) is 5.68. The zero-order chi connectivity index (χ0) is 14.9. The number of hydrogen-bond donors (Lipinski definition) is 2. The molecule has 1 aromatic rings. The molecule has 6 heteroatoms. The van der Waals surface area contributed by atoms with E-state index in [4.69, 9.17) is 10.5 Å². The molecule has 0 spiro atoms. The van der Waals surface area contributed by atoms with Gasteiger partial charge >= 0.3 is 0 Å². The highest BCUT2D eigenvalue weighted by Crippen LogP contribution is 2.36. The summed E-state index contributed by atoms with van der Waals surface area (Å²) in [6, 6.07) is 3.62.